The lowest BCUT2D eigenvalue weighted by Gasteiger charge is -2.24. The lowest BCUT2D eigenvalue weighted by molar-refractivity contribution is -0.142. The smallest absolute Gasteiger partial charge is 0.324 e. The first-order valence-electron chi connectivity index (χ1n) is 5.34. The van der Waals surface area contributed by atoms with Crippen LogP contribution in [0, 0.1) is 5.41 Å². The van der Waals surface area contributed by atoms with Crippen molar-refractivity contribution in [2.45, 2.75) is 31.1 Å². The summed E-state index contributed by atoms with van der Waals surface area (Å²) in [6, 6.07) is 0. The maximum Gasteiger partial charge on any atom is 0.324 e. The number of carbonyl (C=O) groups is 1. The van der Waals surface area contributed by atoms with E-state index in [9.17, 15) is 9.18 Å². The number of thioether (sulfide) groups is 1. The Morgan fingerprint density at radius 1 is 1.71 bits per heavy atom. The monoisotopic (exact) mass is 265 g/mol. The highest BCUT2D eigenvalue weighted by atomic mass is 32.2. The predicted octanol–water partition coefficient (Wildman–Crippen LogP) is 0.837. The first-order chi connectivity index (χ1) is 7.85. The summed E-state index contributed by atoms with van der Waals surface area (Å²) in [7, 11) is 0. The molecule has 0 saturated carbocycles. The Hall–Kier alpha value is -0.820. The fourth-order valence-corrected chi connectivity index (χ4v) is 2.16. The summed E-state index contributed by atoms with van der Waals surface area (Å²) >= 11 is 1.18. The number of nitrogens with one attached hydrogen (secondary N) is 2. The maximum absolute atomic E-state index is 12.7. The van der Waals surface area contributed by atoms with Crippen molar-refractivity contribution in [2.24, 2.45) is 5.73 Å². The van der Waals surface area contributed by atoms with Crippen molar-refractivity contribution in [3.63, 3.8) is 0 Å². The molecule has 7 heteroatoms. The van der Waals surface area contributed by atoms with Gasteiger partial charge in [0.05, 0.1) is 11.1 Å². The number of hydrogen-bond acceptors (Lipinski definition) is 4. The quantitative estimate of drug-likeness (QED) is 0.385. The second-order valence-corrected chi connectivity index (χ2v) is 5.20. The van der Waals surface area contributed by atoms with Crippen molar-refractivity contribution < 1.29 is 14.3 Å². The topological polar surface area (TPSA) is 99.2 Å². The third kappa shape index (κ3) is 5.88. The van der Waals surface area contributed by atoms with E-state index in [0.717, 1.165) is 0 Å². The van der Waals surface area contributed by atoms with Crippen LogP contribution in [0.3, 0.4) is 0 Å². The number of carboxylic acid groups (broad SMARTS) is 1. The van der Waals surface area contributed by atoms with Gasteiger partial charge in [-0.1, -0.05) is 6.92 Å². The molecule has 5 nitrogen and oxygen atoms in total. The largest absolute Gasteiger partial charge is 0.480 e. The standard InChI is InChI=1S/C10H20FN3O2S/c1-3-10(13,9(15)16)6-17-8(4-11)5-14-7(2)12/h8H,3-6,13H2,1-2H3,(H2,12,14)(H,15,16)/t8-,10+/m1/s1. The zero-order valence-corrected chi connectivity index (χ0v) is 10.9. The summed E-state index contributed by atoms with van der Waals surface area (Å²) in [5, 5.41) is 18.4. The van der Waals surface area contributed by atoms with Gasteiger partial charge in [0.25, 0.3) is 0 Å². The molecule has 2 atom stereocenters. The molecule has 0 aromatic rings. The van der Waals surface area contributed by atoms with Gasteiger partial charge in [-0.15, -0.1) is 0 Å². The second kappa shape index (κ2) is 7.50. The minimum atomic E-state index is -1.31. The van der Waals surface area contributed by atoms with Crippen LogP contribution in [0.5, 0.6) is 0 Å². The number of nitrogens with two attached hydrogens (primary N) is 1. The molecule has 0 aromatic carbocycles. The van der Waals surface area contributed by atoms with E-state index in [2.05, 4.69) is 5.32 Å². The molecule has 0 heterocycles. The van der Waals surface area contributed by atoms with Gasteiger partial charge in [-0.25, -0.2) is 4.39 Å². The van der Waals surface area contributed by atoms with Gasteiger partial charge < -0.3 is 16.2 Å². The molecule has 100 valence electrons. The van der Waals surface area contributed by atoms with Crippen LogP contribution in [0.25, 0.3) is 0 Å². The molecule has 5 N–H and O–H groups in total. The van der Waals surface area contributed by atoms with Crippen LogP contribution in [0.2, 0.25) is 0 Å². The van der Waals surface area contributed by atoms with Gasteiger partial charge in [-0.05, 0) is 13.3 Å². The molecule has 0 rings (SSSR count). The maximum atomic E-state index is 12.7. The molecule has 0 unspecified atom stereocenters. The Morgan fingerprint density at radius 2 is 2.29 bits per heavy atom. The van der Waals surface area contributed by atoms with Crippen molar-refractivity contribution in [2.75, 3.05) is 19.0 Å². The van der Waals surface area contributed by atoms with Gasteiger partial charge in [-0.3, -0.25) is 10.2 Å². The Balaban J connectivity index is 4.21. The molecule has 0 aliphatic carbocycles. The third-order valence-corrected chi connectivity index (χ3v) is 3.85. The van der Waals surface area contributed by atoms with E-state index in [0.29, 0.717) is 13.0 Å². The van der Waals surface area contributed by atoms with Crippen LogP contribution in [-0.4, -0.2) is 46.7 Å². The van der Waals surface area contributed by atoms with Gasteiger partial charge in [0.2, 0.25) is 0 Å². The average molecular weight is 265 g/mol. The molecule has 0 aromatic heterocycles. The summed E-state index contributed by atoms with van der Waals surface area (Å²) in [5.74, 6) is -0.648. The number of carboxylic acids is 1. The fourth-order valence-electron chi connectivity index (χ4n) is 1.01. The summed E-state index contributed by atoms with van der Waals surface area (Å²) in [5.41, 5.74) is 4.39. The lowest BCUT2D eigenvalue weighted by Crippen LogP contribution is -2.50. The summed E-state index contributed by atoms with van der Waals surface area (Å²) in [6.07, 6.45) is 0.297. The zero-order chi connectivity index (χ0) is 13.5. The van der Waals surface area contributed by atoms with E-state index < -0.39 is 18.2 Å². The molecule has 0 spiro atoms. The van der Waals surface area contributed by atoms with E-state index in [1.54, 1.807) is 13.8 Å². The van der Waals surface area contributed by atoms with Crippen molar-refractivity contribution >= 4 is 23.6 Å². The molecule has 0 saturated heterocycles. The molecule has 0 aliphatic heterocycles. The van der Waals surface area contributed by atoms with Crippen LogP contribution >= 0.6 is 11.8 Å². The Kier molecular flexibility index (Phi) is 7.13. The van der Waals surface area contributed by atoms with E-state index >= 15 is 0 Å². The van der Waals surface area contributed by atoms with Crippen molar-refractivity contribution in [1.82, 2.24) is 5.32 Å². The number of rotatable bonds is 8. The van der Waals surface area contributed by atoms with Crippen LogP contribution in [0.4, 0.5) is 4.39 Å². The van der Waals surface area contributed by atoms with Crippen molar-refractivity contribution in [3.8, 4) is 0 Å². The predicted molar refractivity (Wildman–Crippen MR) is 68.5 cm³/mol. The highest BCUT2D eigenvalue weighted by Crippen LogP contribution is 2.19. The van der Waals surface area contributed by atoms with Crippen molar-refractivity contribution in [3.05, 3.63) is 0 Å². The molecule has 0 aliphatic rings. The molecule has 0 amide bonds. The minimum Gasteiger partial charge on any atom is -0.480 e. The summed E-state index contributed by atoms with van der Waals surface area (Å²) < 4.78 is 12.7. The fraction of sp³-hybridized carbons (Fsp3) is 0.800. The summed E-state index contributed by atoms with van der Waals surface area (Å²) in [6.45, 7) is 2.98. The minimum absolute atomic E-state index is 0.159. The van der Waals surface area contributed by atoms with Crippen LogP contribution < -0.4 is 11.1 Å². The summed E-state index contributed by atoms with van der Waals surface area (Å²) in [4.78, 5) is 10.9. The highest BCUT2D eigenvalue weighted by molar-refractivity contribution is 8.00. The van der Waals surface area contributed by atoms with Gasteiger partial charge in [-0.2, -0.15) is 11.8 Å². The van der Waals surface area contributed by atoms with E-state index in [1.165, 1.54) is 11.8 Å². The molecule has 0 radical (unpaired) electrons. The first-order valence-corrected chi connectivity index (χ1v) is 6.39. The van der Waals surface area contributed by atoms with Gasteiger partial charge in [0.15, 0.2) is 0 Å². The van der Waals surface area contributed by atoms with Crippen LogP contribution in [0.15, 0.2) is 0 Å². The number of alkyl halides is 1. The third-order valence-electron chi connectivity index (χ3n) is 2.40. The van der Waals surface area contributed by atoms with E-state index in [4.69, 9.17) is 16.2 Å². The molecule has 17 heavy (non-hydrogen) atoms. The van der Waals surface area contributed by atoms with E-state index in [1.807, 2.05) is 0 Å². The molecule has 0 bridgehead atoms. The SMILES string of the molecule is CC[C@](N)(CS[C@H](CF)CNC(C)=N)C(=O)O. The van der Waals surface area contributed by atoms with Gasteiger partial charge in [0, 0.05) is 12.3 Å². The Morgan fingerprint density at radius 3 is 2.65 bits per heavy atom. The van der Waals surface area contributed by atoms with Crippen LogP contribution in [-0.2, 0) is 4.79 Å². The molecular formula is C10H20FN3O2S. The van der Waals surface area contributed by atoms with Gasteiger partial charge in [0.1, 0.15) is 12.2 Å². The Bertz CT molecular complexity index is 278. The van der Waals surface area contributed by atoms with Gasteiger partial charge >= 0.3 is 5.97 Å². The zero-order valence-electron chi connectivity index (χ0n) is 10.1. The number of aliphatic carboxylic acids is 1. The first kappa shape index (κ1) is 16.2. The Labute approximate surface area is 105 Å². The number of hydrogen-bond donors (Lipinski definition) is 4. The lowest BCUT2D eigenvalue weighted by atomic mass is 10.0. The molecule has 0 fully saturated rings. The molecular weight excluding hydrogens is 245 g/mol. The second-order valence-electron chi connectivity index (χ2n) is 3.91. The number of halogens is 1. The average Bonchev–Trinajstić information content (AvgIpc) is 2.28. The highest BCUT2D eigenvalue weighted by Gasteiger charge is 2.32. The van der Waals surface area contributed by atoms with Crippen molar-refractivity contribution in [1.29, 1.82) is 5.41 Å². The number of amidine groups is 1. The normalized spacial score (nSPS) is 16.0. The van der Waals surface area contributed by atoms with E-state index in [-0.39, 0.29) is 16.8 Å². The van der Waals surface area contributed by atoms with Crippen LogP contribution in [0.1, 0.15) is 20.3 Å².